The summed E-state index contributed by atoms with van der Waals surface area (Å²) in [7, 11) is 1.86. The highest BCUT2D eigenvalue weighted by atomic mass is 79.9. The Morgan fingerprint density at radius 2 is 1.65 bits per heavy atom. The Hall–Kier alpha value is -2.45. The summed E-state index contributed by atoms with van der Waals surface area (Å²) in [5.74, 6) is 0.903. The van der Waals surface area contributed by atoms with Crippen molar-refractivity contribution < 1.29 is 9.59 Å². The number of aryl methyl sites for hydroxylation is 1. The van der Waals surface area contributed by atoms with E-state index in [1.165, 1.54) is 11.8 Å². The molecule has 0 saturated heterocycles. The molecular formula is C23H25BrN4O2S. The molecule has 31 heavy (non-hydrogen) atoms. The highest BCUT2D eigenvalue weighted by molar-refractivity contribution is 9.10. The number of aromatic nitrogens is 3. The van der Waals surface area contributed by atoms with Crippen LogP contribution >= 0.6 is 27.7 Å². The summed E-state index contributed by atoms with van der Waals surface area (Å²) in [6.07, 6.45) is 0. The number of rotatable bonds is 8. The van der Waals surface area contributed by atoms with Crippen molar-refractivity contribution in [2.75, 3.05) is 5.75 Å². The second kappa shape index (κ2) is 10.2. The first-order valence-corrected chi connectivity index (χ1v) is 11.7. The second-order valence-corrected chi connectivity index (χ2v) is 9.54. The molecule has 1 N–H and O–H groups in total. The molecule has 1 heterocycles. The molecule has 0 fully saturated rings. The summed E-state index contributed by atoms with van der Waals surface area (Å²) in [6, 6.07) is 14.4. The van der Waals surface area contributed by atoms with Crippen LogP contribution in [0.25, 0.3) is 0 Å². The fourth-order valence-corrected chi connectivity index (χ4v) is 4.11. The van der Waals surface area contributed by atoms with Crippen molar-refractivity contribution in [3.63, 3.8) is 0 Å². The van der Waals surface area contributed by atoms with Crippen LogP contribution in [-0.4, -0.2) is 32.2 Å². The van der Waals surface area contributed by atoms with Crippen molar-refractivity contribution in [2.24, 2.45) is 13.0 Å². The van der Waals surface area contributed by atoms with Crippen LogP contribution in [0.1, 0.15) is 52.0 Å². The minimum atomic E-state index is -0.303. The molecule has 1 aromatic heterocycles. The highest BCUT2D eigenvalue weighted by Crippen LogP contribution is 2.25. The zero-order valence-corrected chi connectivity index (χ0v) is 20.3. The number of carbonyl (C=O) groups excluding carboxylic acids is 2. The van der Waals surface area contributed by atoms with E-state index in [4.69, 9.17) is 0 Å². The molecule has 0 aliphatic carbocycles. The Labute approximate surface area is 195 Å². The molecule has 0 aliphatic rings. The third kappa shape index (κ3) is 5.83. The zero-order chi connectivity index (χ0) is 22.5. The van der Waals surface area contributed by atoms with E-state index in [2.05, 4.69) is 31.4 Å². The molecule has 162 valence electrons. The van der Waals surface area contributed by atoms with Crippen molar-refractivity contribution >= 4 is 39.4 Å². The first-order valence-electron chi connectivity index (χ1n) is 9.94. The summed E-state index contributed by atoms with van der Waals surface area (Å²) in [4.78, 5) is 25.2. The summed E-state index contributed by atoms with van der Waals surface area (Å²) in [5.41, 5.74) is 2.36. The number of carbonyl (C=O) groups is 2. The largest absolute Gasteiger partial charge is 0.342 e. The van der Waals surface area contributed by atoms with E-state index in [0.29, 0.717) is 22.1 Å². The molecule has 0 bridgehead atoms. The van der Waals surface area contributed by atoms with Crippen molar-refractivity contribution in [3.8, 4) is 0 Å². The van der Waals surface area contributed by atoms with E-state index >= 15 is 0 Å². The molecule has 8 heteroatoms. The van der Waals surface area contributed by atoms with Gasteiger partial charge in [0.25, 0.3) is 5.91 Å². The molecule has 3 aromatic rings. The number of halogens is 1. The highest BCUT2D eigenvalue weighted by Gasteiger charge is 2.25. The molecule has 1 amide bonds. The topological polar surface area (TPSA) is 76.9 Å². The molecule has 3 rings (SSSR count). The average Bonchev–Trinajstić information content (AvgIpc) is 3.11. The van der Waals surface area contributed by atoms with Gasteiger partial charge in [-0.3, -0.25) is 9.59 Å². The van der Waals surface area contributed by atoms with Gasteiger partial charge in [-0.15, -0.1) is 10.2 Å². The summed E-state index contributed by atoms with van der Waals surface area (Å²) in [6.45, 7) is 6.04. The Morgan fingerprint density at radius 1 is 1.03 bits per heavy atom. The van der Waals surface area contributed by atoms with Crippen LogP contribution in [0.3, 0.4) is 0 Å². The molecule has 0 aliphatic heterocycles. The maximum atomic E-state index is 12.7. The van der Waals surface area contributed by atoms with Gasteiger partial charge in [0.2, 0.25) is 0 Å². The third-order valence-electron chi connectivity index (χ3n) is 4.91. The molecule has 0 saturated carbocycles. The number of amides is 1. The van der Waals surface area contributed by atoms with Crippen LogP contribution in [-0.2, 0) is 7.05 Å². The van der Waals surface area contributed by atoms with Gasteiger partial charge < -0.3 is 9.88 Å². The van der Waals surface area contributed by atoms with E-state index in [9.17, 15) is 9.59 Å². The number of thioether (sulfide) groups is 1. The predicted molar refractivity (Wildman–Crippen MR) is 126 cm³/mol. The van der Waals surface area contributed by atoms with Crippen molar-refractivity contribution in [1.29, 1.82) is 0 Å². The van der Waals surface area contributed by atoms with Gasteiger partial charge in [-0.25, -0.2) is 0 Å². The Morgan fingerprint density at radius 3 is 2.26 bits per heavy atom. The van der Waals surface area contributed by atoms with Crippen LogP contribution in [0, 0.1) is 12.8 Å². The lowest BCUT2D eigenvalue weighted by molar-refractivity contribution is 0.0921. The Kier molecular flexibility index (Phi) is 7.67. The molecule has 1 atom stereocenters. The minimum absolute atomic E-state index is 0.0233. The standard InChI is InChI=1S/C23H25BrN4O2S/c1-14(2)20(25-22(30)17-7-5-15(3)6-8-17)21-26-27-23(28(21)4)31-13-19(29)16-9-11-18(24)12-10-16/h5-12,14,20H,13H2,1-4H3,(H,25,30)/t20-/m0/s1. The maximum absolute atomic E-state index is 12.7. The first kappa shape index (κ1) is 23.2. The normalized spacial score (nSPS) is 12.1. The number of hydrogen-bond donors (Lipinski definition) is 1. The van der Waals surface area contributed by atoms with E-state index < -0.39 is 0 Å². The van der Waals surface area contributed by atoms with Crippen LogP contribution in [0.4, 0.5) is 0 Å². The van der Waals surface area contributed by atoms with E-state index in [-0.39, 0.29) is 29.4 Å². The lowest BCUT2D eigenvalue weighted by Gasteiger charge is -2.21. The molecular weight excluding hydrogens is 476 g/mol. The predicted octanol–water partition coefficient (Wildman–Crippen LogP) is 4.99. The molecule has 6 nitrogen and oxygen atoms in total. The zero-order valence-electron chi connectivity index (χ0n) is 17.9. The molecule has 2 aromatic carbocycles. The second-order valence-electron chi connectivity index (χ2n) is 7.68. The fraction of sp³-hybridized carbons (Fsp3) is 0.304. The van der Waals surface area contributed by atoms with Gasteiger partial charge in [-0.1, -0.05) is 71.4 Å². The van der Waals surface area contributed by atoms with Gasteiger partial charge in [0.15, 0.2) is 16.8 Å². The molecule has 0 unspecified atom stereocenters. The van der Waals surface area contributed by atoms with E-state index in [1.54, 1.807) is 12.1 Å². The summed E-state index contributed by atoms with van der Waals surface area (Å²) in [5, 5.41) is 12.3. The van der Waals surface area contributed by atoms with Gasteiger partial charge >= 0.3 is 0 Å². The minimum Gasteiger partial charge on any atom is -0.342 e. The summed E-state index contributed by atoms with van der Waals surface area (Å²) < 4.78 is 2.78. The smallest absolute Gasteiger partial charge is 0.251 e. The summed E-state index contributed by atoms with van der Waals surface area (Å²) >= 11 is 4.71. The number of ketones is 1. The van der Waals surface area contributed by atoms with E-state index in [1.807, 2.05) is 68.8 Å². The number of Topliss-reactive ketones (excluding diaryl/α,β-unsaturated/α-hetero) is 1. The van der Waals surface area contributed by atoms with Crippen molar-refractivity contribution in [3.05, 3.63) is 75.5 Å². The van der Waals surface area contributed by atoms with Gasteiger partial charge in [0.05, 0.1) is 11.8 Å². The molecule has 0 radical (unpaired) electrons. The number of nitrogens with one attached hydrogen (secondary N) is 1. The number of nitrogens with zero attached hydrogens (tertiary/aromatic N) is 3. The van der Waals surface area contributed by atoms with Crippen molar-refractivity contribution in [2.45, 2.75) is 32.0 Å². The monoisotopic (exact) mass is 500 g/mol. The Bertz CT molecular complexity index is 1060. The third-order valence-corrected chi connectivity index (χ3v) is 6.46. The SMILES string of the molecule is Cc1ccc(C(=O)N[C@H](c2nnc(SCC(=O)c3ccc(Br)cc3)n2C)C(C)C)cc1. The van der Waals surface area contributed by atoms with Crippen molar-refractivity contribution in [1.82, 2.24) is 20.1 Å². The van der Waals surface area contributed by atoms with Crippen LogP contribution in [0.5, 0.6) is 0 Å². The number of benzene rings is 2. The van der Waals surface area contributed by atoms with Gasteiger partial charge in [-0.05, 0) is 37.1 Å². The first-order chi connectivity index (χ1) is 14.8. The van der Waals surface area contributed by atoms with Crippen LogP contribution in [0.2, 0.25) is 0 Å². The lowest BCUT2D eigenvalue weighted by atomic mass is 10.0. The van der Waals surface area contributed by atoms with E-state index in [0.717, 1.165) is 10.0 Å². The van der Waals surface area contributed by atoms with Crippen LogP contribution in [0.15, 0.2) is 58.2 Å². The molecule has 0 spiro atoms. The Balaban J connectivity index is 1.71. The van der Waals surface area contributed by atoms with Crippen LogP contribution < -0.4 is 5.32 Å². The number of hydrogen-bond acceptors (Lipinski definition) is 5. The maximum Gasteiger partial charge on any atom is 0.251 e. The average molecular weight is 501 g/mol. The fourth-order valence-electron chi connectivity index (χ4n) is 3.03. The van der Waals surface area contributed by atoms with Gasteiger partial charge in [-0.2, -0.15) is 0 Å². The van der Waals surface area contributed by atoms with Gasteiger partial charge in [0, 0.05) is 22.6 Å². The quantitative estimate of drug-likeness (QED) is 0.348. The van der Waals surface area contributed by atoms with Gasteiger partial charge in [0.1, 0.15) is 0 Å². The lowest BCUT2D eigenvalue weighted by Crippen LogP contribution is -2.33.